The van der Waals surface area contributed by atoms with Crippen LogP contribution in [-0.2, 0) is 0 Å². The summed E-state index contributed by atoms with van der Waals surface area (Å²) >= 11 is 0. The van der Waals surface area contributed by atoms with Gasteiger partial charge in [0.05, 0.1) is 0 Å². The van der Waals surface area contributed by atoms with E-state index in [0.29, 0.717) is 0 Å². The second-order valence-electron chi connectivity index (χ2n) is 2.74. The molecule has 1 nitrogen and oxygen atoms in total. The maximum absolute atomic E-state index is 3.73. The molecule has 1 saturated heterocycles. The van der Waals surface area contributed by atoms with Crippen LogP contribution in [0.15, 0.2) is 12.7 Å². The molecule has 1 heterocycles. The summed E-state index contributed by atoms with van der Waals surface area (Å²) in [4.78, 5) is 0. The number of hydrogen-bond donors (Lipinski definition) is 1. The monoisotopic (exact) mass is 127 g/mol. The maximum atomic E-state index is 3.73. The van der Waals surface area contributed by atoms with Gasteiger partial charge in [0.25, 0.3) is 0 Å². The van der Waals surface area contributed by atoms with Crippen LogP contribution >= 0.6 is 0 Å². The molecule has 0 aliphatic carbocycles. The van der Waals surface area contributed by atoms with E-state index in [1.165, 1.54) is 32.4 Å². The Labute approximate surface area is 58.6 Å². The van der Waals surface area contributed by atoms with Gasteiger partial charge in [-0.2, -0.15) is 0 Å². The Kier molecular flexibility index (Phi) is 2.78. The zero-order valence-corrected chi connectivity index (χ0v) is 5.90. The first-order chi connectivity index (χ1) is 4.43. The molecule has 9 heavy (non-hydrogen) atoms. The second-order valence-corrected chi connectivity index (χ2v) is 2.74. The van der Waals surface area contributed by atoms with Crippen molar-refractivity contribution in [2.24, 2.45) is 5.92 Å². The molecule has 1 rings (SSSR count). The van der Waals surface area contributed by atoms with Crippen LogP contribution in [-0.4, -0.2) is 13.1 Å². The lowest BCUT2D eigenvalue weighted by Crippen LogP contribution is -2.29. The van der Waals surface area contributed by atoms with Crippen molar-refractivity contribution >= 4 is 0 Å². The standard InChI is InChI=1S/C8H15N.H2/c1-2-4-8-5-3-6-9-7-8;/h2,8-9H,1,3-7H2;1H. The minimum Gasteiger partial charge on any atom is -0.316 e. The molecule has 0 bridgehead atoms. The largest absolute Gasteiger partial charge is 0.316 e. The third kappa shape index (κ3) is 2.19. The summed E-state index contributed by atoms with van der Waals surface area (Å²) in [6.07, 6.45) is 5.95. The van der Waals surface area contributed by atoms with Crippen LogP contribution in [0.5, 0.6) is 0 Å². The lowest BCUT2D eigenvalue weighted by Gasteiger charge is -2.20. The Balaban J connectivity index is 0.000000810. The highest BCUT2D eigenvalue weighted by Gasteiger charge is 2.09. The van der Waals surface area contributed by atoms with Crippen LogP contribution in [0, 0.1) is 5.92 Å². The lowest BCUT2D eigenvalue weighted by atomic mass is 9.96. The zero-order chi connectivity index (χ0) is 6.53. The van der Waals surface area contributed by atoms with E-state index in [4.69, 9.17) is 0 Å². The first kappa shape index (κ1) is 6.81. The van der Waals surface area contributed by atoms with Gasteiger partial charge in [-0.1, -0.05) is 6.08 Å². The van der Waals surface area contributed by atoms with Gasteiger partial charge in [0.2, 0.25) is 0 Å². The van der Waals surface area contributed by atoms with Crippen LogP contribution in [0.3, 0.4) is 0 Å². The molecule has 0 saturated carbocycles. The summed E-state index contributed by atoms with van der Waals surface area (Å²) in [5, 5.41) is 3.37. The molecule has 1 N–H and O–H groups in total. The molecular weight excluding hydrogens is 110 g/mol. The van der Waals surface area contributed by atoms with Crippen molar-refractivity contribution in [3.8, 4) is 0 Å². The summed E-state index contributed by atoms with van der Waals surface area (Å²) in [5.74, 6) is 0.872. The van der Waals surface area contributed by atoms with Gasteiger partial charge in [-0.25, -0.2) is 0 Å². The van der Waals surface area contributed by atoms with E-state index in [9.17, 15) is 0 Å². The predicted molar refractivity (Wildman–Crippen MR) is 42.5 cm³/mol. The molecule has 0 spiro atoms. The molecular formula is C8H17N. The molecule has 0 aromatic heterocycles. The molecule has 1 atom stereocenters. The molecule has 1 unspecified atom stereocenters. The first-order valence-corrected chi connectivity index (χ1v) is 3.75. The van der Waals surface area contributed by atoms with Crippen molar-refractivity contribution in [3.63, 3.8) is 0 Å². The van der Waals surface area contributed by atoms with E-state index < -0.39 is 0 Å². The Morgan fingerprint density at radius 2 is 2.67 bits per heavy atom. The minimum absolute atomic E-state index is 0. The first-order valence-electron chi connectivity index (χ1n) is 3.75. The van der Waals surface area contributed by atoms with Crippen LogP contribution in [0.1, 0.15) is 20.7 Å². The van der Waals surface area contributed by atoms with E-state index in [1.807, 2.05) is 6.08 Å². The smallest absolute Gasteiger partial charge is 0 e. The van der Waals surface area contributed by atoms with E-state index in [1.54, 1.807) is 0 Å². The van der Waals surface area contributed by atoms with E-state index in [-0.39, 0.29) is 1.43 Å². The van der Waals surface area contributed by atoms with Gasteiger partial charge in [-0.3, -0.25) is 0 Å². The molecule has 0 radical (unpaired) electrons. The SMILES string of the molecule is C=CCC1CCCNC1.[HH]. The van der Waals surface area contributed by atoms with Crippen LogP contribution < -0.4 is 5.32 Å². The molecule has 1 heteroatoms. The number of nitrogens with one attached hydrogen (secondary N) is 1. The molecule has 1 fully saturated rings. The Morgan fingerprint density at radius 1 is 1.78 bits per heavy atom. The minimum atomic E-state index is 0. The Hall–Kier alpha value is -0.300. The zero-order valence-electron chi connectivity index (χ0n) is 5.90. The summed E-state index contributed by atoms with van der Waals surface area (Å²) in [7, 11) is 0. The normalized spacial score (nSPS) is 27.8. The van der Waals surface area contributed by atoms with Crippen molar-refractivity contribution in [1.82, 2.24) is 5.32 Å². The number of piperidine rings is 1. The van der Waals surface area contributed by atoms with E-state index in [0.717, 1.165) is 5.92 Å². The highest BCUT2D eigenvalue weighted by atomic mass is 14.9. The Bertz CT molecular complexity index is 87.3. The van der Waals surface area contributed by atoms with Crippen LogP contribution in [0.25, 0.3) is 0 Å². The second kappa shape index (κ2) is 3.67. The van der Waals surface area contributed by atoms with Crippen molar-refractivity contribution in [1.29, 1.82) is 0 Å². The van der Waals surface area contributed by atoms with Gasteiger partial charge in [0.15, 0.2) is 0 Å². The fourth-order valence-corrected chi connectivity index (χ4v) is 1.36. The summed E-state index contributed by atoms with van der Waals surface area (Å²) in [6.45, 7) is 6.14. The van der Waals surface area contributed by atoms with Gasteiger partial charge in [-0.05, 0) is 38.3 Å². The highest BCUT2D eigenvalue weighted by molar-refractivity contribution is 4.77. The topological polar surface area (TPSA) is 12.0 Å². The summed E-state index contributed by atoms with van der Waals surface area (Å²) < 4.78 is 0. The molecule has 0 aromatic rings. The van der Waals surface area contributed by atoms with Gasteiger partial charge in [-0.15, -0.1) is 6.58 Å². The van der Waals surface area contributed by atoms with Crippen molar-refractivity contribution in [2.75, 3.05) is 13.1 Å². The number of rotatable bonds is 2. The van der Waals surface area contributed by atoms with Gasteiger partial charge in [0, 0.05) is 1.43 Å². The molecule has 1 aliphatic heterocycles. The van der Waals surface area contributed by atoms with Crippen LogP contribution in [0.2, 0.25) is 0 Å². The predicted octanol–water partition coefficient (Wildman–Crippen LogP) is 1.81. The third-order valence-electron chi connectivity index (χ3n) is 1.90. The molecule has 54 valence electrons. The fourth-order valence-electron chi connectivity index (χ4n) is 1.36. The highest BCUT2D eigenvalue weighted by Crippen LogP contribution is 2.13. The number of hydrogen-bond acceptors (Lipinski definition) is 1. The van der Waals surface area contributed by atoms with E-state index >= 15 is 0 Å². The summed E-state index contributed by atoms with van der Waals surface area (Å²) in [5.41, 5.74) is 0. The van der Waals surface area contributed by atoms with Crippen LogP contribution in [0.4, 0.5) is 0 Å². The van der Waals surface area contributed by atoms with Crippen molar-refractivity contribution < 1.29 is 1.43 Å². The lowest BCUT2D eigenvalue weighted by molar-refractivity contribution is 0.381. The van der Waals surface area contributed by atoms with E-state index in [2.05, 4.69) is 11.9 Å². The molecule has 1 aliphatic rings. The average molecular weight is 127 g/mol. The number of allylic oxidation sites excluding steroid dienone is 1. The maximum Gasteiger partial charge on any atom is 0 e. The summed E-state index contributed by atoms with van der Waals surface area (Å²) in [6, 6.07) is 0. The molecule has 0 amide bonds. The van der Waals surface area contributed by atoms with Crippen molar-refractivity contribution in [2.45, 2.75) is 19.3 Å². The fraction of sp³-hybridized carbons (Fsp3) is 0.750. The molecule has 0 aromatic carbocycles. The van der Waals surface area contributed by atoms with Gasteiger partial charge < -0.3 is 5.32 Å². The van der Waals surface area contributed by atoms with Gasteiger partial charge in [0.1, 0.15) is 0 Å². The quantitative estimate of drug-likeness (QED) is 0.558. The average Bonchev–Trinajstić information content (AvgIpc) is 1.91. The van der Waals surface area contributed by atoms with Crippen molar-refractivity contribution in [3.05, 3.63) is 12.7 Å². The Morgan fingerprint density at radius 3 is 3.22 bits per heavy atom. The third-order valence-corrected chi connectivity index (χ3v) is 1.90. The van der Waals surface area contributed by atoms with Gasteiger partial charge >= 0.3 is 0 Å².